The topological polar surface area (TPSA) is 62.4 Å². The SMILES string of the molecule is CCCCN=C(NN)NC1(C)CC1. The van der Waals surface area contributed by atoms with Gasteiger partial charge in [-0.25, -0.2) is 5.84 Å². The molecule has 0 amide bonds. The van der Waals surface area contributed by atoms with E-state index >= 15 is 0 Å². The van der Waals surface area contributed by atoms with Gasteiger partial charge in [-0.05, 0) is 26.2 Å². The van der Waals surface area contributed by atoms with Crippen molar-refractivity contribution in [3.63, 3.8) is 0 Å². The van der Waals surface area contributed by atoms with E-state index in [1.807, 2.05) is 0 Å². The summed E-state index contributed by atoms with van der Waals surface area (Å²) in [6.45, 7) is 5.18. The molecule has 0 atom stereocenters. The molecule has 4 N–H and O–H groups in total. The van der Waals surface area contributed by atoms with Crippen molar-refractivity contribution in [3.05, 3.63) is 0 Å². The van der Waals surface area contributed by atoms with E-state index in [0.717, 1.165) is 18.9 Å². The lowest BCUT2D eigenvalue weighted by atomic mass is 10.3. The molecule has 0 aromatic rings. The lowest BCUT2D eigenvalue weighted by molar-refractivity contribution is 0.642. The van der Waals surface area contributed by atoms with Gasteiger partial charge >= 0.3 is 0 Å². The Balaban J connectivity index is 2.28. The van der Waals surface area contributed by atoms with Crippen LogP contribution in [0, 0.1) is 0 Å². The second-order valence-corrected chi connectivity index (χ2v) is 3.91. The average molecular weight is 184 g/mol. The Bertz CT molecular complexity index is 184. The van der Waals surface area contributed by atoms with E-state index in [4.69, 9.17) is 5.84 Å². The number of nitrogens with two attached hydrogens (primary N) is 1. The second-order valence-electron chi connectivity index (χ2n) is 3.91. The highest BCUT2D eigenvalue weighted by Gasteiger charge is 2.37. The normalized spacial score (nSPS) is 19.8. The molecule has 4 nitrogen and oxygen atoms in total. The summed E-state index contributed by atoms with van der Waals surface area (Å²) in [6, 6.07) is 0. The molecule has 1 aliphatic rings. The molecule has 13 heavy (non-hydrogen) atoms. The van der Waals surface area contributed by atoms with Crippen LogP contribution in [0.3, 0.4) is 0 Å². The van der Waals surface area contributed by atoms with Crippen molar-refractivity contribution < 1.29 is 0 Å². The maximum Gasteiger partial charge on any atom is 0.206 e. The first kappa shape index (κ1) is 10.3. The molecule has 4 heteroatoms. The van der Waals surface area contributed by atoms with E-state index in [9.17, 15) is 0 Å². The first-order valence-corrected chi connectivity index (χ1v) is 4.99. The first-order chi connectivity index (χ1) is 6.20. The van der Waals surface area contributed by atoms with Gasteiger partial charge in [0.1, 0.15) is 0 Å². The van der Waals surface area contributed by atoms with E-state index in [1.54, 1.807) is 0 Å². The monoisotopic (exact) mass is 184 g/mol. The number of guanidine groups is 1. The first-order valence-electron chi connectivity index (χ1n) is 4.99. The van der Waals surface area contributed by atoms with Crippen LogP contribution in [-0.2, 0) is 0 Å². The Morgan fingerprint density at radius 1 is 1.54 bits per heavy atom. The van der Waals surface area contributed by atoms with Crippen LogP contribution in [0.5, 0.6) is 0 Å². The van der Waals surface area contributed by atoms with Gasteiger partial charge in [-0.3, -0.25) is 10.4 Å². The summed E-state index contributed by atoms with van der Waals surface area (Å²) in [4.78, 5) is 4.33. The van der Waals surface area contributed by atoms with Gasteiger partial charge in [0.25, 0.3) is 0 Å². The summed E-state index contributed by atoms with van der Waals surface area (Å²) < 4.78 is 0. The summed E-state index contributed by atoms with van der Waals surface area (Å²) in [5, 5.41) is 3.29. The third-order valence-electron chi connectivity index (χ3n) is 2.34. The van der Waals surface area contributed by atoms with E-state index in [0.29, 0.717) is 0 Å². The number of hydrogen-bond donors (Lipinski definition) is 3. The van der Waals surface area contributed by atoms with Gasteiger partial charge in [-0.15, -0.1) is 0 Å². The van der Waals surface area contributed by atoms with Crippen molar-refractivity contribution in [1.82, 2.24) is 10.7 Å². The summed E-state index contributed by atoms with van der Waals surface area (Å²) in [5.74, 6) is 6.08. The quantitative estimate of drug-likeness (QED) is 0.199. The third kappa shape index (κ3) is 3.63. The van der Waals surface area contributed by atoms with Gasteiger partial charge in [-0.2, -0.15) is 0 Å². The van der Waals surface area contributed by atoms with Crippen molar-refractivity contribution in [2.24, 2.45) is 10.8 Å². The highest BCUT2D eigenvalue weighted by Crippen LogP contribution is 2.33. The fourth-order valence-electron chi connectivity index (χ4n) is 1.07. The summed E-state index contributed by atoms with van der Waals surface area (Å²) >= 11 is 0. The molecule has 0 aliphatic heterocycles. The molecule has 0 unspecified atom stereocenters. The van der Waals surface area contributed by atoms with Crippen LogP contribution in [0.4, 0.5) is 0 Å². The molecular weight excluding hydrogens is 164 g/mol. The molecule has 0 radical (unpaired) electrons. The number of unbranched alkanes of at least 4 members (excludes halogenated alkanes) is 1. The molecular formula is C9H20N4. The van der Waals surface area contributed by atoms with Crippen molar-refractivity contribution in [3.8, 4) is 0 Å². The van der Waals surface area contributed by atoms with Gasteiger partial charge in [-0.1, -0.05) is 13.3 Å². The minimum absolute atomic E-state index is 0.247. The Hall–Kier alpha value is -0.770. The molecule has 0 saturated heterocycles. The van der Waals surface area contributed by atoms with Crippen LogP contribution < -0.4 is 16.6 Å². The second kappa shape index (κ2) is 4.46. The lowest BCUT2D eigenvalue weighted by Gasteiger charge is -2.14. The zero-order valence-electron chi connectivity index (χ0n) is 8.56. The molecule has 0 aromatic heterocycles. The molecule has 1 rings (SSSR count). The molecule has 0 aromatic carbocycles. The molecule has 1 aliphatic carbocycles. The highest BCUT2D eigenvalue weighted by molar-refractivity contribution is 5.80. The maximum absolute atomic E-state index is 5.35. The Labute approximate surface area is 80.0 Å². The minimum Gasteiger partial charge on any atom is -0.350 e. The largest absolute Gasteiger partial charge is 0.350 e. The minimum atomic E-state index is 0.247. The van der Waals surface area contributed by atoms with Gasteiger partial charge < -0.3 is 5.32 Å². The number of aliphatic imine (C=N–C) groups is 1. The van der Waals surface area contributed by atoms with Gasteiger partial charge in [0.05, 0.1) is 0 Å². The molecule has 76 valence electrons. The van der Waals surface area contributed by atoms with Crippen molar-refractivity contribution >= 4 is 5.96 Å². The lowest BCUT2D eigenvalue weighted by Crippen LogP contribution is -2.46. The van der Waals surface area contributed by atoms with Crippen LogP contribution in [0.15, 0.2) is 4.99 Å². The number of hydrogen-bond acceptors (Lipinski definition) is 2. The van der Waals surface area contributed by atoms with Gasteiger partial charge in [0.15, 0.2) is 0 Å². The smallest absolute Gasteiger partial charge is 0.206 e. The summed E-state index contributed by atoms with van der Waals surface area (Å²) in [5.41, 5.74) is 2.84. The Morgan fingerprint density at radius 3 is 2.69 bits per heavy atom. The average Bonchev–Trinajstić information content (AvgIpc) is 2.83. The van der Waals surface area contributed by atoms with E-state index in [-0.39, 0.29) is 5.54 Å². The molecule has 0 bridgehead atoms. The summed E-state index contributed by atoms with van der Waals surface area (Å²) in [6.07, 6.45) is 4.70. The summed E-state index contributed by atoms with van der Waals surface area (Å²) in [7, 11) is 0. The predicted octanol–water partition coefficient (Wildman–Crippen LogP) is 0.748. The Kier molecular flexibility index (Phi) is 3.54. The zero-order valence-corrected chi connectivity index (χ0v) is 8.56. The van der Waals surface area contributed by atoms with Crippen LogP contribution in [-0.4, -0.2) is 18.0 Å². The number of nitrogens with zero attached hydrogens (tertiary/aromatic N) is 1. The molecule has 1 fully saturated rings. The standard InChI is InChI=1S/C9H20N4/c1-3-4-7-11-8(13-10)12-9(2)5-6-9/h3-7,10H2,1-2H3,(H2,11,12,13). The molecule has 1 saturated carbocycles. The zero-order chi connectivity index (χ0) is 9.73. The van der Waals surface area contributed by atoms with Crippen LogP contribution in [0.2, 0.25) is 0 Å². The van der Waals surface area contributed by atoms with Crippen molar-refractivity contribution in [2.45, 2.75) is 45.1 Å². The van der Waals surface area contributed by atoms with Gasteiger partial charge in [0.2, 0.25) is 5.96 Å². The van der Waals surface area contributed by atoms with Crippen molar-refractivity contribution in [2.75, 3.05) is 6.54 Å². The molecule has 0 heterocycles. The highest BCUT2D eigenvalue weighted by atomic mass is 15.3. The van der Waals surface area contributed by atoms with Crippen LogP contribution in [0.25, 0.3) is 0 Å². The van der Waals surface area contributed by atoms with E-state index in [2.05, 4.69) is 29.6 Å². The van der Waals surface area contributed by atoms with E-state index < -0.39 is 0 Å². The van der Waals surface area contributed by atoms with E-state index in [1.165, 1.54) is 19.3 Å². The fraction of sp³-hybridized carbons (Fsp3) is 0.889. The third-order valence-corrected chi connectivity index (χ3v) is 2.34. The van der Waals surface area contributed by atoms with Crippen molar-refractivity contribution in [1.29, 1.82) is 0 Å². The van der Waals surface area contributed by atoms with Crippen LogP contribution >= 0.6 is 0 Å². The number of nitrogens with one attached hydrogen (secondary N) is 2. The number of hydrazine groups is 1. The molecule has 0 spiro atoms. The fourth-order valence-corrected chi connectivity index (χ4v) is 1.07. The number of rotatable bonds is 4. The Morgan fingerprint density at radius 2 is 2.23 bits per heavy atom. The van der Waals surface area contributed by atoms with Gasteiger partial charge in [0, 0.05) is 12.1 Å². The van der Waals surface area contributed by atoms with Crippen LogP contribution in [0.1, 0.15) is 39.5 Å². The predicted molar refractivity (Wildman–Crippen MR) is 55.3 cm³/mol. The maximum atomic E-state index is 5.35.